The van der Waals surface area contributed by atoms with Crippen molar-refractivity contribution in [1.82, 2.24) is 9.88 Å². The van der Waals surface area contributed by atoms with Crippen molar-refractivity contribution >= 4 is 5.91 Å². The van der Waals surface area contributed by atoms with E-state index in [-0.39, 0.29) is 12.0 Å². The Balaban J connectivity index is 1.98. The number of carbonyl (C=O) groups is 1. The molecule has 0 radical (unpaired) electrons. The van der Waals surface area contributed by atoms with Crippen molar-refractivity contribution in [3.8, 4) is 0 Å². The number of ether oxygens (including phenoxy) is 1. The van der Waals surface area contributed by atoms with Crippen molar-refractivity contribution in [3.05, 3.63) is 30.1 Å². The Morgan fingerprint density at radius 1 is 1.53 bits per heavy atom. The van der Waals surface area contributed by atoms with Gasteiger partial charge in [0.15, 0.2) is 0 Å². The lowest BCUT2D eigenvalue weighted by Gasteiger charge is -2.25. The monoisotopic (exact) mass is 263 g/mol. The third-order valence-corrected chi connectivity index (χ3v) is 3.24. The van der Waals surface area contributed by atoms with Crippen molar-refractivity contribution in [3.63, 3.8) is 0 Å². The quantitative estimate of drug-likeness (QED) is 0.829. The molecule has 104 valence electrons. The fraction of sp³-hybridized carbons (Fsp3) is 0.571. The fourth-order valence-corrected chi connectivity index (χ4v) is 2.26. The molecule has 19 heavy (non-hydrogen) atoms. The van der Waals surface area contributed by atoms with Crippen molar-refractivity contribution < 1.29 is 9.53 Å². The van der Waals surface area contributed by atoms with Crippen molar-refractivity contribution in [2.75, 3.05) is 19.7 Å². The summed E-state index contributed by atoms with van der Waals surface area (Å²) in [6, 6.07) is 5.73. The standard InChI is InChI=1S/C14H21N3O2/c15-7-6-14(18)17(11-13-5-3-9-19-13)10-12-4-1-2-8-16-12/h1-2,4,8,13H,3,5-7,9-11,15H2. The lowest BCUT2D eigenvalue weighted by molar-refractivity contribution is -0.133. The van der Waals surface area contributed by atoms with Crippen molar-refractivity contribution in [2.24, 2.45) is 5.73 Å². The van der Waals surface area contributed by atoms with Gasteiger partial charge in [-0.25, -0.2) is 0 Å². The smallest absolute Gasteiger partial charge is 0.224 e. The molecule has 0 spiro atoms. The summed E-state index contributed by atoms with van der Waals surface area (Å²) < 4.78 is 5.60. The van der Waals surface area contributed by atoms with Crippen LogP contribution in [0.1, 0.15) is 25.0 Å². The number of hydrogen-bond donors (Lipinski definition) is 1. The van der Waals surface area contributed by atoms with E-state index >= 15 is 0 Å². The summed E-state index contributed by atoms with van der Waals surface area (Å²) in [6.07, 6.45) is 4.37. The first kappa shape index (κ1) is 14.0. The summed E-state index contributed by atoms with van der Waals surface area (Å²) in [5, 5.41) is 0. The number of aromatic nitrogens is 1. The van der Waals surface area contributed by atoms with Crippen LogP contribution in [0.15, 0.2) is 24.4 Å². The van der Waals surface area contributed by atoms with Crippen LogP contribution >= 0.6 is 0 Å². The second kappa shape index (κ2) is 7.21. The van der Waals surface area contributed by atoms with Gasteiger partial charge < -0.3 is 15.4 Å². The van der Waals surface area contributed by atoms with Crippen LogP contribution in [0.4, 0.5) is 0 Å². The van der Waals surface area contributed by atoms with E-state index in [0.29, 0.717) is 26.1 Å². The molecule has 2 heterocycles. The zero-order valence-corrected chi connectivity index (χ0v) is 11.1. The number of amides is 1. The molecule has 1 saturated heterocycles. The number of pyridine rings is 1. The maximum absolute atomic E-state index is 12.1. The van der Waals surface area contributed by atoms with E-state index in [1.165, 1.54) is 0 Å². The highest BCUT2D eigenvalue weighted by Crippen LogP contribution is 2.15. The lowest BCUT2D eigenvalue weighted by Crippen LogP contribution is -2.37. The minimum atomic E-state index is 0.0728. The molecular weight excluding hydrogens is 242 g/mol. The maximum Gasteiger partial charge on any atom is 0.224 e. The Hall–Kier alpha value is -1.46. The van der Waals surface area contributed by atoms with Crippen molar-refractivity contribution in [2.45, 2.75) is 31.9 Å². The predicted octanol–water partition coefficient (Wildman–Crippen LogP) is 0.938. The molecule has 1 aromatic rings. The second-order valence-corrected chi connectivity index (χ2v) is 4.77. The topological polar surface area (TPSA) is 68.5 Å². The van der Waals surface area contributed by atoms with E-state index in [9.17, 15) is 4.79 Å². The van der Waals surface area contributed by atoms with Crippen LogP contribution in [0, 0.1) is 0 Å². The Bertz CT molecular complexity index is 391. The summed E-state index contributed by atoms with van der Waals surface area (Å²) in [7, 11) is 0. The molecule has 1 amide bonds. The second-order valence-electron chi connectivity index (χ2n) is 4.77. The van der Waals surface area contributed by atoms with E-state index in [4.69, 9.17) is 10.5 Å². The molecule has 0 saturated carbocycles. The van der Waals surface area contributed by atoms with Gasteiger partial charge in [-0.1, -0.05) is 6.07 Å². The highest BCUT2D eigenvalue weighted by molar-refractivity contribution is 5.76. The van der Waals surface area contributed by atoms with Gasteiger partial charge in [0.2, 0.25) is 5.91 Å². The van der Waals surface area contributed by atoms with Gasteiger partial charge in [-0.05, 0) is 25.0 Å². The van der Waals surface area contributed by atoms with E-state index in [1.807, 2.05) is 23.1 Å². The third kappa shape index (κ3) is 4.29. The normalized spacial score (nSPS) is 18.5. The van der Waals surface area contributed by atoms with Gasteiger partial charge in [0.1, 0.15) is 0 Å². The first-order valence-electron chi connectivity index (χ1n) is 6.79. The van der Waals surface area contributed by atoms with Crippen LogP contribution in [0.3, 0.4) is 0 Å². The maximum atomic E-state index is 12.1. The van der Waals surface area contributed by atoms with Gasteiger partial charge in [0.05, 0.1) is 18.3 Å². The first-order valence-corrected chi connectivity index (χ1v) is 6.79. The molecular formula is C14H21N3O2. The SMILES string of the molecule is NCCC(=O)N(Cc1ccccn1)CC1CCCO1. The summed E-state index contributed by atoms with van der Waals surface area (Å²) in [5.41, 5.74) is 6.37. The Labute approximate surface area is 113 Å². The summed E-state index contributed by atoms with van der Waals surface area (Å²) in [5.74, 6) is 0.0728. The lowest BCUT2D eigenvalue weighted by atomic mass is 10.2. The van der Waals surface area contributed by atoms with Gasteiger partial charge in [-0.3, -0.25) is 9.78 Å². The van der Waals surface area contributed by atoms with E-state index in [0.717, 1.165) is 25.1 Å². The minimum Gasteiger partial charge on any atom is -0.376 e. The predicted molar refractivity (Wildman–Crippen MR) is 72.3 cm³/mol. The highest BCUT2D eigenvalue weighted by atomic mass is 16.5. The van der Waals surface area contributed by atoms with E-state index in [2.05, 4.69) is 4.98 Å². The van der Waals surface area contributed by atoms with Crippen LogP contribution in [0.25, 0.3) is 0 Å². The Morgan fingerprint density at radius 2 is 2.42 bits per heavy atom. The molecule has 5 nitrogen and oxygen atoms in total. The molecule has 2 N–H and O–H groups in total. The largest absolute Gasteiger partial charge is 0.376 e. The average Bonchev–Trinajstić information content (AvgIpc) is 2.92. The van der Waals surface area contributed by atoms with Crippen LogP contribution in [0.2, 0.25) is 0 Å². The van der Waals surface area contributed by atoms with Gasteiger partial charge in [0.25, 0.3) is 0 Å². The van der Waals surface area contributed by atoms with Crippen LogP contribution in [-0.4, -0.2) is 41.6 Å². The molecule has 0 aromatic carbocycles. The molecule has 2 rings (SSSR count). The molecule has 1 aromatic heterocycles. The zero-order valence-electron chi connectivity index (χ0n) is 11.1. The summed E-state index contributed by atoms with van der Waals surface area (Å²) in [4.78, 5) is 18.2. The Morgan fingerprint density at radius 3 is 3.05 bits per heavy atom. The fourth-order valence-electron chi connectivity index (χ4n) is 2.26. The number of nitrogens with zero attached hydrogens (tertiary/aromatic N) is 2. The molecule has 1 unspecified atom stereocenters. The number of carbonyl (C=O) groups excluding carboxylic acids is 1. The van der Waals surface area contributed by atoms with Crippen molar-refractivity contribution in [1.29, 1.82) is 0 Å². The van der Waals surface area contributed by atoms with Crippen LogP contribution in [-0.2, 0) is 16.1 Å². The van der Waals surface area contributed by atoms with Gasteiger partial charge in [-0.2, -0.15) is 0 Å². The molecule has 5 heteroatoms. The zero-order chi connectivity index (χ0) is 13.5. The number of rotatable bonds is 6. The molecule has 1 aliphatic rings. The first-order chi connectivity index (χ1) is 9.29. The van der Waals surface area contributed by atoms with Crippen LogP contribution in [0.5, 0.6) is 0 Å². The Kier molecular flexibility index (Phi) is 5.30. The van der Waals surface area contributed by atoms with Gasteiger partial charge in [0, 0.05) is 32.3 Å². The molecule has 0 aliphatic carbocycles. The number of nitrogens with two attached hydrogens (primary N) is 1. The minimum absolute atomic E-state index is 0.0728. The third-order valence-electron chi connectivity index (χ3n) is 3.24. The highest BCUT2D eigenvalue weighted by Gasteiger charge is 2.22. The average molecular weight is 263 g/mol. The molecule has 1 aliphatic heterocycles. The van der Waals surface area contributed by atoms with E-state index < -0.39 is 0 Å². The number of hydrogen-bond acceptors (Lipinski definition) is 4. The van der Waals surface area contributed by atoms with Gasteiger partial charge in [-0.15, -0.1) is 0 Å². The van der Waals surface area contributed by atoms with E-state index in [1.54, 1.807) is 6.20 Å². The summed E-state index contributed by atoms with van der Waals surface area (Å²) in [6.45, 7) is 2.34. The molecule has 1 atom stereocenters. The molecule has 1 fully saturated rings. The summed E-state index contributed by atoms with van der Waals surface area (Å²) >= 11 is 0. The van der Waals surface area contributed by atoms with Crippen LogP contribution < -0.4 is 5.73 Å². The molecule has 0 bridgehead atoms. The van der Waals surface area contributed by atoms with Gasteiger partial charge >= 0.3 is 0 Å².